The molecule has 2 heterocycles. The maximum absolute atomic E-state index is 12.5. The van der Waals surface area contributed by atoms with Gasteiger partial charge in [-0.2, -0.15) is 0 Å². The standard InChI is InChI=1S/C17H16N4O5/c1-10-6-20-11(7-19-10)17(24)25-9-15(22)21-8-14(16(18)23)26-13-5-3-2-4-12(13)21/h2-7,14H,8-9H2,1H3,(H2,18,23). The van der Waals surface area contributed by atoms with Crippen LogP contribution < -0.4 is 15.4 Å². The van der Waals surface area contributed by atoms with E-state index in [1.54, 1.807) is 31.2 Å². The van der Waals surface area contributed by atoms with Gasteiger partial charge < -0.3 is 20.1 Å². The minimum Gasteiger partial charge on any atom is -0.477 e. The summed E-state index contributed by atoms with van der Waals surface area (Å²) in [4.78, 5) is 45.1. The summed E-state index contributed by atoms with van der Waals surface area (Å²) in [6.07, 6.45) is 1.72. The summed E-state index contributed by atoms with van der Waals surface area (Å²) in [7, 11) is 0. The van der Waals surface area contributed by atoms with E-state index in [1.807, 2.05) is 0 Å². The van der Waals surface area contributed by atoms with Crippen LogP contribution in [0, 0.1) is 6.92 Å². The first-order valence-electron chi connectivity index (χ1n) is 7.77. The Bertz CT molecular complexity index is 852. The predicted octanol–water partition coefficient (Wildman–Crippen LogP) is 0.221. The summed E-state index contributed by atoms with van der Waals surface area (Å²) in [5.41, 5.74) is 6.42. The van der Waals surface area contributed by atoms with Crippen LogP contribution in [0.25, 0.3) is 0 Å². The number of primary amides is 1. The van der Waals surface area contributed by atoms with Crippen molar-refractivity contribution in [3.63, 3.8) is 0 Å². The van der Waals surface area contributed by atoms with Gasteiger partial charge in [0.25, 0.3) is 11.8 Å². The largest absolute Gasteiger partial charge is 0.477 e. The molecule has 1 aliphatic rings. The van der Waals surface area contributed by atoms with Gasteiger partial charge in [-0.15, -0.1) is 0 Å². The van der Waals surface area contributed by atoms with Gasteiger partial charge in [0.15, 0.2) is 18.4 Å². The van der Waals surface area contributed by atoms with E-state index in [0.29, 0.717) is 17.1 Å². The molecule has 134 valence electrons. The highest BCUT2D eigenvalue weighted by atomic mass is 16.5. The summed E-state index contributed by atoms with van der Waals surface area (Å²) in [6.45, 7) is 1.15. The lowest BCUT2D eigenvalue weighted by Crippen LogP contribution is -2.50. The maximum atomic E-state index is 12.5. The average molecular weight is 356 g/mol. The molecule has 3 rings (SSSR count). The van der Waals surface area contributed by atoms with Crippen LogP contribution in [0.5, 0.6) is 5.75 Å². The van der Waals surface area contributed by atoms with E-state index in [-0.39, 0.29) is 12.2 Å². The lowest BCUT2D eigenvalue weighted by atomic mass is 10.2. The highest BCUT2D eigenvalue weighted by Gasteiger charge is 2.33. The van der Waals surface area contributed by atoms with Crippen molar-refractivity contribution in [1.82, 2.24) is 9.97 Å². The van der Waals surface area contributed by atoms with E-state index >= 15 is 0 Å². The number of anilines is 1. The lowest BCUT2D eigenvalue weighted by Gasteiger charge is -2.33. The van der Waals surface area contributed by atoms with E-state index < -0.39 is 30.5 Å². The monoisotopic (exact) mass is 356 g/mol. The Morgan fingerprint density at radius 2 is 2.04 bits per heavy atom. The minimum atomic E-state index is -0.979. The third kappa shape index (κ3) is 3.61. The molecule has 1 unspecified atom stereocenters. The quantitative estimate of drug-likeness (QED) is 0.777. The number of esters is 1. The fourth-order valence-corrected chi connectivity index (χ4v) is 2.40. The SMILES string of the molecule is Cc1cnc(C(=O)OCC(=O)N2CC(C(N)=O)Oc3ccccc32)cn1. The number of fused-ring (bicyclic) bond motifs is 1. The van der Waals surface area contributed by atoms with Crippen LogP contribution in [-0.2, 0) is 14.3 Å². The highest BCUT2D eigenvalue weighted by Crippen LogP contribution is 2.33. The molecule has 2 aromatic rings. The van der Waals surface area contributed by atoms with Crippen LogP contribution in [0.15, 0.2) is 36.7 Å². The first-order valence-corrected chi connectivity index (χ1v) is 7.77. The number of para-hydroxylation sites is 2. The molecule has 9 nitrogen and oxygen atoms in total. The molecule has 1 aromatic heterocycles. The van der Waals surface area contributed by atoms with Crippen LogP contribution in [0.2, 0.25) is 0 Å². The van der Waals surface area contributed by atoms with E-state index in [0.717, 1.165) is 0 Å². The second kappa shape index (κ2) is 7.18. The minimum absolute atomic E-state index is 0.000732. The Balaban J connectivity index is 1.71. The molecule has 2 N–H and O–H groups in total. The molecule has 0 radical (unpaired) electrons. The fraction of sp³-hybridized carbons (Fsp3) is 0.235. The van der Waals surface area contributed by atoms with Gasteiger partial charge in [0.05, 0.1) is 24.1 Å². The first kappa shape index (κ1) is 17.3. The molecule has 0 saturated heterocycles. The average Bonchev–Trinajstić information content (AvgIpc) is 2.65. The van der Waals surface area contributed by atoms with Crippen molar-refractivity contribution in [2.75, 3.05) is 18.1 Å². The van der Waals surface area contributed by atoms with Crippen LogP contribution in [-0.4, -0.2) is 47.0 Å². The molecule has 1 aliphatic heterocycles. The van der Waals surface area contributed by atoms with Gasteiger partial charge >= 0.3 is 5.97 Å². The zero-order valence-corrected chi connectivity index (χ0v) is 13.9. The number of hydrogen-bond donors (Lipinski definition) is 1. The number of ether oxygens (including phenoxy) is 2. The Kier molecular flexibility index (Phi) is 4.78. The molecule has 0 fully saturated rings. The number of aryl methyl sites for hydroxylation is 1. The fourth-order valence-electron chi connectivity index (χ4n) is 2.40. The van der Waals surface area contributed by atoms with E-state index in [4.69, 9.17) is 15.2 Å². The van der Waals surface area contributed by atoms with Crippen molar-refractivity contribution in [3.05, 3.63) is 48.0 Å². The van der Waals surface area contributed by atoms with Crippen molar-refractivity contribution in [2.24, 2.45) is 5.73 Å². The van der Waals surface area contributed by atoms with E-state index in [1.165, 1.54) is 17.3 Å². The molecule has 0 spiro atoms. The topological polar surface area (TPSA) is 125 Å². The van der Waals surface area contributed by atoms with Crippen LogP contribution in [0.3, 0.4) is 0 Å². The smallest absolute Gasteiger partial charge is 0.359 e. The number of aromatic nitrogens is 2. The number of nitrogens with two attached hydrogens (primary N) is 1. The van der Waals surface area contributed by atoms with Crippen LogP contribution in [0.1, 0.15) is 16.2 Å². The van der Waals surface area contributed by atoms with Gasteiger partial charge in [-0.05, 0) is 19.1 Å². The van der Waals surface area contributed by atoms with Crippen molar-refractivity contribution < 1.29 is 23.9 Å². The van der Waals surface area contributed by atoms with Crippen molar-refractivity contribution in [3.8, 4) is 5.75 Å². The lowest BCUT2D eigenvalue weighted by molar-refractivity contribution is -0.126. The number of carbonyl (C=O) groups is 3. The predicted molar refractivity (Wildman–Crippen MR) is 89.5 cm³/mol. The highest BCUT2D eigenvalue weighted by molar-refractivity contribution is 5.99. The van der Waals surface area contributed by atoms with E-state index in [2.05, 4.69) is 9.97 Å². The Morgan fingerprint density at radius 1 is 1.27 bits per heavy atom. The number of benzene rings is 1. The Hall–Kier alpha value is -3.49. The molecule has 0 bridgehead atoms. The van der Waals surface area contributed by atoms with Gasteiger partial charge in [0.1, 0.15) is 5.75 Å². The summed E-state index contributed by atoms with van der Waals surface area (Å²) in [5.74, 6) is -1.62. The summed E-state index contributed by atoms with van der Waals surface area (Å²) in [6, 6.07) is 6.72. The zero-order chi connectivity index (χ0) is 18.7. The van der Waals surface area contributed by atoms with Gasteiger partial charge in [-0.3, -0.25) is 14.6 Å². The number of rotatable bonds is 4. The number of nitrogens with zero attached hydrogens (tertiary/aromatic N) is 3. The molecule has 1 atom stereocenters. The van der Waals surface area contributed by atoms with Gasteiger partial charge in [-0.25, -0.2) is 9.78 Å². The van der Waals surface area contributed by atoms with Crippen molar-refractivity contribution in [2.45, 2.75) is 13.0 Å². The van der Waals surface area contributed by atoms with Crippen LogP contribution in [0.4, 0.5) is 5.69 Å². The Labute approximate surface area is 148 Å². The maximum Gasteiger partial charge on any atom is 0.359 e. The summed E-state index contributed by atoms with van der Waals surface area (Å²) < 4.78 is 10.5. The van der Waals surface area contributed by atoms with Crippen molar-refractivity contribution >= 4 is 23.5 Å². The number of carbonyl (C=O) groups excluding carboxylic acids is 3. The molecule has 9 heteroatoms. The van der Waals surface area contributed by atoms with Gasteiger partial charge in [0, 0.05) is 6.20 Å². The summed E-state index contributed by atoms with van der Waals surface area (Å²) >= 11 is 0. The molecule has 0 aliphatic carbocycles. The molecule has 0 saturated carbocycles. The second-order valence-corrected chi connectivity index (χ2v) is 5.60. The number of hydrogen-bond acceptors (Lipinski definition) is 7. The molecular weight excluding hydrogens is 340 g/mol. The van der Waals surface area contributed by atoms with Gasteiger partial charge in [0.2, 0.25) is 0 Å². The van der Waals surface area contributed by atoms with Crippen molar-refractivity contribution in [1.29, 1.82) is 0 Å². The molecule has 26 heavy (non-hydrogen) atoms. The molecular formula is C17H16N4O5. The molecule has 2 amide bonds. The summed E-state index contributed by atoms with van der Waals surface area (Å²) in [5, 5.41) is 0. The first-order chi connectivity index (χ1) is 12.5. The van der Waals surface area contributed by atoms with E-state index in [9.17, 15) is 14.4 Å². The van der Waals surface area contributed by atoms with Gasteiger partial charge in [-0.1, -0.05) is 12.1 Å². The third-order valence-corrected chi connectivity index (χ3v) is 3.71. The molecule has 1 aromatic carbocycles. The normalized spacial score (nSPS) is 15.6. The van der Waals surface area contributed by atoms with Crippen LogP contribution >= 0.6 is 0 Å². The Morgan fingerprint density at radius 3 is 2.73 bits per heavy atom. The number of amides is 2. The zero-order valence-electron chi connectivity index (χ0n) is 13.9. The second-order valence-electron chi connectivity index (χ2n) is 5.60. The third-order valence-electron chi connectivity index (χ3n) is 3.71.